The lowest BCUT2D eigenvalue weighted by Gasteiger charge is -2.12. The maximum absolute atomic E-state index is 12.0. The molecule has 0 heterocycles. The molecule has 24 heavy (non-hydrogen) atoms. The maximum Gasteiger partial charge on any atom is 0.337 e. The number of nitrogens with one attached hydrogen (secondary N) is 2. The molecule has 0 spiro atoms. The van der Waals surface area contributed by atoms with E-state index in [1.165, 1.54) is 6.07 Å². The maximum atomic E-state index is 12.0. The van der Waals surface area contributed by atoms with Gasteiger partial charge < -0.3 is 15.5 Å². The SMILES string of the molecule is O=C(O)c1ccc(C(=O)O)c(NC(=S)NC(=O)c2ccccc2)c1. The minimum absolute atomic E-state index is 0.0271. The van der Waals surface area contributed by atoms with Crippen LogP contribution in [-0.2, 0) is 0 Å². The van der Waals surface area contributed by atoms with Crippen molar-refractivity contribution in [1.82, 2.24) is 5.32 Å². The Bertz CT molecular complexity index is 820. The van der Waals surface area contributed by atoms with E-state index in [-0.39, 0.29) is 21.9 Å². The fourth-order valence-corrected chi connectivity index (χ4v) is 2.09. The van der Waals surface area contributed by atoms with E-state index < -0.39 is 17.8 Å². The summed E-state index contributed by atoms with van der Waals surface area (Å²) >= 11 is 4.98. The number of aromatic carboxylic acids is 2. The topological polar surface area (TPSA) is 116 Å². The third-order valence-electron chi connectivity index (χ3n) is 3.01. The van der Waals surface area contributed by atoms with E-state index in [0.29, 0.717) is 5.56 Å². The highest BCUT2D eigenvalue weighted by Gasteiger charge is 2.15. The van der Waals surface area contributed by atoms with Crippen LogP contribution in [0.5, 0.6) is 0 Å². The van der Waals surface area contributed by atoms with Gasteiger partial charge in [0.1, 0.15) is 0 Å². The number of hydrogen-bond acceptors (Lipinski definition) is 4. The summed E-state index contributed by atoms with van der Waals surface area (Å²) in [5.41, 5.74) is 0.0659. The molecule has 0 aliphatic carbocycles. The van der Waals surface area contributed by atoms with Crippen molar-refractivity contribution in [2.45, 2.75) is 0 Å². The molecule has 0 aliphatic rings. The predicted molar refractivity (Wildman–Crippen MR) is 90.5 cm³/mol. The number of carbonyl (C=O) groups excluding carboxylic acids is 1. The zero-order chi connectivity index (χ0) is 17.7. The lowest BCUT2D eigenvalue weighted by atomic mass is 10.1. The molecule has 4 N–H and O–H groups in total. The van der Waals surface area contributed by atoms with Gasteiger partial charge in [0.25, 0.3) is 5.91 Å². The third kappa shape index (κ3) is 4.14. The first kappa shape index (κ1) is 17.1. The van der Waals surface area contributed by atoms with E-state index in [1.54, 1.807) is 30.3 Å². The quantitative estimate of drug-likeness (QED) is 0.628. The number of carboxylic acids is 2. The summed E-state index contributed by atoms with van der Waals surface area (Å²) in [6.45, 7) is 0. The highest BCUT2D eigenvalue weighted by atomic mass is 32.1. The molecule has 0 atom stereocenters. The molecular formula is C16H12N2O5S. The number of benzene rings is 2. The van der Waals surface area contributed by atoms with Crippen LogP contribution in [0.2, 0.25) is 0 Å². The van der Waals surface area contributed by atoms with Crippen LogP contribution in [0.15, 0.2) is 48.5 Å². The average molecular weight is 344 g/mol. The number of rotatable bonds is 4. The largest absolute Gasteiger partial charge is 0.478 e. The first-order valence-corrected chi connectivity index (χ1v) is 7.07. The van der Waals surface area contributed by atoms with Gasteiger partial charge in [-0.2, -0.15) is 0 Å². The van der Waals surface area contributed by atoms with Gasteiger partial charge in [-0.3, -0.25) is 10.1 Å². The zero-order valence-corrected chi connectivity index (χ0v) is 13.0. The molecule has 0 fully saturated rings. The minimum Gasteiger partial charge on any atom is -0.478 e. The molecule has 7 nitrogen and oxygen atoms in total. The van der Waals surface area contributed by atoms with Gasteiger partial charge >= 0.3 is 11.9 Å². The lowest BCUT2D eigenvalue weighted by Crippen LogP contribution is -2.34. The number of carboxylic acid groups (broad SMARTS) is 2. The van der Waals surface area contributed by atoms with Gasteiger partial charge in [-0.15, -0.1) is 0 Å². The highest BCUT2D eigenvalue weighted by molar-refractivity contribution is 7.80. The highest BCUT2D eigenvalue weighted by Crippen LogP contribution is 2.18. The van der Waals surface area contributed by atoms with Crippen LogP contribution in [0.4, 0.5) is 5.69 Å². The predicted octanol–water partition coefficient (Wildman–Crippen LogP) is 2.21. The van der Waals surface area contributed by atoms with Crippen molar-refractivity contribution in [2.24, 2.45) is 0 Å². The Labute approximate surface area is 141 Å². The molecule has 0 unspecified atom stereocenters. The minimum atomic E-state index is -1.26. The average Bonchev–Trinajstić information content (AvgIpc) is 2.55. The Balaban J connectivity index is 2.18. The van der Waals surface area contributed by atoms with E-state index in [2.05, 4.69) is 10.6 Å². The van der Waals surface area contributed by atoms with Gasteiger partial charge in [0.05, 0.1) is 16.8 Å². The second-order valence-electron chi connectivity index (χ2n) is 4.64. The molecule has 0 saturated carbocycles. The Morgan fingerprint density at radius 3 is 2.12 bits per heavy atom. The number of thiocarbonyl (C=S) groups is 1. The molecule has 2 rings (SSSR count). The van der Waals surface area contributed by atoms with Crippen LogP contribution in [0.3, 0.4) is 0 Å². The van der Waals surface area contributed by atoms with Crippen molar-refractivity contribution in [2.75, 3.05) is 5.32 Å². The second-order valence-corrected chi connectivity index (χ2v) is 5.05. The molecular weight excluding hydrogens is 332 g/mol. The molecule has 0 radical (unpaired) electrons. The molecule has 2 aromatic rings. The van der Waals surface area contributed by atoms with Crippen molar-refractivity contribution in [3.8, 4) is 0 Å². The van der Waals surface area contributed by atoms with Crippen molar-refractivity contribution in [3.63, 3.8) is 0 Å². The Morgan fingerprint density at radius 2 is 1.54 bits per heavy atom. The Morgan fingerprint density at radius 1 is 0.875 bits per heavy atom. The molecule has 122 valence electrons. The van der Waals surface area contributed by atoms with Crippen molar-refractivity contribution in [1.29, 1.82) is 0 Å². The summed E-state index contributed by atoms with van der Waals surface area (Å²) in [5, 5.41) is 22.9. The smallest absolute Gasteiger partial charge is 0.337 e. The number of amides is 1. The molecule has 0 aromatic heterocycles. The molecule has 0 bridgehead atoms. The fraction of sp³-hybridized carbons (Fsp3) is 0. The van der Waals surface area contributed by atoms with Gasteiger partial charge in [0, 0.05) is 5.56 Å². The van der Waals surface area contributed by atoms with Crippen molar-refractivity contribution in [3.05, 3.63) is 65.2 Å². The zero-order valence-electron chi connectivity index (χ0n) is 12.1. The van der Waals surface area contributed by atoms with Gasteiger partial charge in [-0.05, 0) is 42.5 Å². The van der Waals surface area contributed by atoms with Crippen LogP contribution in [0, 0.1) is 0 Å². The summed E-state index contributed by atoms with van der Waals surface area (Å²) in [6, 6.07) is 11.8. The molecule has 1 amide bonds. The first-order chi connectivity index (χ1) is 11.4. The second kappa shape index (κ2) is 7.34. The van der Waals surface area contributed by atoms with Crippen molar-refractivity contribution >= 4 is 40.9 Å². The summed E-state index contributed by atoms with van der Waals surface area (Å²) in [5.74, 6) is -2.94. The van der Waals surface area contributed by atoms with E-state index >= 15 is 0 Å². The Kier molecular flexibility index (Phi) is 5.23. The monoisotopic (exact) mass is 344 g/mol. The third-order valence-corrected chi connectivity index (χ3v) is 3.21. The number of anilines is 1. The van der Waals surface area contributed by atoms with Crippen LogP contribution in [0.1, 0.15) is 31.1 Å². The van der Waals surface area contributed by atoms with Gasteiger partial charge in [-0.25, -0.2) is 9.59 Å². The number of carbonyl (C=O) groups is 3. The molecule has 8 heteroatoms. The van der Waals surface area contributed by atoms with Crippen LogP contribution >= 0.6 is 12.2 Å². The van der Waals surface area contributed by atoms with E-state index in [9.17, 15) is 14.4 Å². The van der Waals surface area contributed by atoms with Gasteiger partial charge in [0.2, 0.25) is 0 Å². The first-order valence-electron chi connectivity index (χ1n) is 6.66. The van der Waals surface area contributed by atoms with E-state index in [1.807, 2.05) is 0 Å². The fourth-order valence-electron chi connectivity index (χ4n) is 1.89. The molecule has 2 aromatic carbocycles. The number of hydrogen-bond donors (Lipinski definition) is 4. The molecule has 0 saturated heterocycles. The Hall–Kier alpha value is -3.26. The lowest BCUT2D eigenvalue weighted by molar-refractivity contribution is 0.0682. The van der Waals surface area contributed by atoms with E-state index in [4.69, 9.17) is 22.4 Å². The summed E-state index contributed by atoms with van der Waals surface area (Å²) in [7, 11) is 0. The van der Waals surface area contributed by atoms with Gasteiger partial charge in [-0.1, -0.05) is 18.2 Å². The summed E-state index contributed by atoms with van der Waals surface area (Å²) < 4.78 is 0. The summed E-state index contributed by atoms with van der Waals surface area (Å²) in [4.78, 5) is 34.2. The summed E-state index contributed by atoms with van der Waals surface area (Å²) in [6.07, 6.45) is 0. The van der Waals surface area contributed by atoms with Crippen LogP contribution in [0.25, 0.3) is 0 Å². The van der Waals surface area contributed by atoms with Gasteiger partial charge in [0.15, 0.2) is 5.11 Å². The van der Waals surface area contributed by atoms with Crippen LogP contribution < -0.4 is 10.6 Å². The normalized spacial score (nSPS) is 9.83. The standard InChI is InChI=1S/C16H12N2O5S/c19-13(9-4-2-1-3-5-9)18-16(24)17-12-8-10(14(20)21)6-7-11(12)15(22)23/h1-8H,(H,20,21)(H,22,23)(H2,17,18,19,24). The van der Waals surface area contributed by atoms with Crippen molar-refractivity contribution < 1.29 is 24.6 Å². The van der Waals surface area contributed by atoms with E-state index in [0.717, 1.165) is 12.1 Å². The molecule has 0 aliphatic heterocycles. The van der Waals surface area contributed by atoms with Crippen LogP contribution in [-0.4, -0.2) is 33.2 Å².